The normalized spacial score (nSPS) is 19.0. The van der Waals surface area contributed by atoms with Crippen LogP contribution in [-0.2, 0) is 11.2 Å². The van der Waals surface area contributed by atoms with Crippen molar-refractivity contribution in [2.45, 2.75) is 12.8 Å². The van der Waals surface area contributed by atoms with E-state index in [1.807, 2.05) is 12.1 Å². The van der Waals surface area contributed by atoms with Gasteiger partial charge in [0.1, 0.15) is 0 Å². The summed E-state index contributed by atoms with van der Waals surface area (Å²) in [6, 6.07) is 6.10. The molecule has 0 aliphatic carbocycles. The third-order valence-corrected chi connectivity index (χ3v) is 3.08. The Hall–Kier alpha value is -1.71. The molecule has 0 unspecified atom stereocenters. The number of fused-ring (bicyclic) bond motifs is 1. The average molecular weight is 218 g/mol. The lowest BCUT2D eigenvalue weighted by atomic mass is 10.1. The number of amides is 1. The molecule has 2 aliphatic heterocycles. The minimum absolute atomic E-state index is 0.225. The van der Waals surface area contributed by atoms with Gasteiger partial charge in [0.25, 0.3) is 0 Å². The van der Waals surface area contributed by atoms with Crippen LogP contribution in [0, 0.1) is 0 Å². The maximum Gasteiger partial charge on any atom is 0.414 e. The van der Waals surface area contributed by atoms with Crippen molar-refractivity contribution in [1.82, 2.24) is 0 Å². The Kier molecular flexibility index (Phi) is 2.20. The maximum absolute atomic E-state index is 11.6. The van der Waals surface area contributed by atoms with Gasteiger partial charge in [-0.2, -0.15) is 0 Å². The Morgan fingerprint density at radius 1 is 1.38 bits per heavy atom. The second-order valence-electron chi connectivity index (χ2n) is 4.14. The zero-order valence-electron chi connectivity index (χ0n) is 9.03. The fourth-order valence-corrected chi connectivity index (χ4v) is 2.25. The first-order valence-electron chi connectivity index (χ1n) is 5.66. The standard InChI is InChI=1S/C12H14N2O2/c15-12-14(6-1-7-16-12)10-2-3-11-9(8-10)4-5-13-11/h2-3,8,13H,1,4-7H2. The highest BCUT2D eigenvalue weighted by Gasteiger charge is 2.22. The van der Waals surface area contributed by atoms with Gasteiger partial charge in [0.2, 0.25) is 0 Å². The van der Waals surface area contributed by atoms with Gasteiger partial charge >= 0.3 is 6.09 Å². The fourth-order valence-electron chi connectivity index (χ4n) is 2.25. The number of anilines is 2. The maximum atomic E-state index is 11.6. The smallest absolute Gasteiger partial charge is 0.414 e. The minimum atomic E-state index is -0.225. The molecule has 0 atom stereocenters. The molecule has 1 aromatic rings. The molecule has 0 aromatic heterocycles. The van der Waals surface area contributed by atoms with Gasteiger partial charge < -0.3 is 10.1 Å². The first kappa shape index (κ1) is 9.51. The molecule has 0 bridgehead atoms. The summed E-state index contributed by atoms with van der Waals surface area (Å²) >= 11 is 0. The molecule has 1 fully saturated rings. The summed E-state index contributed by atoms with van der Waals surface area (Å²) in [5, 5.41) is 3.31. The summed E-state index contributed by atoms with van der Waals surface area (Å²) in [5.41, 5.74) is 3.43. The van der Waals surface area contributed by atoms with E-state index in [0.717, 1.165) is 31.6 Å². The molecule has 1 N–H and O–H groups in total. The third kappa shape index (κ3) is 1.50. The first-order chi connectivity index (χ1) is 7.84. The largest absolute Gasteiger partial charge is 0.449 e. The van der Waals surface area contributed by atoms with Crippen LogP contribution in [-0.4, -0.2) is 25.8 Å². The predicted octanol–water partition coefficient (Wildman–Crippen LogP) is 2.00. The van der Waals surface area contributed by atoms with Crippen LogP contribution in [0.25, 0.3) is 0 Å². The number of rotatable bonds is 1. The monoisotopic (exact) mass is 218 g/mol. The van der Waals surface area contributed by atoms with Crippen molar-refractivity contribution in [1.29, 1.82) is 0 Å². The van der Waals surface area contributed by atoms with Crippen LogP contribution >= 0.6 is 0 Å². The number of benzene rings is 1. The van der Waals surface area contributed by atoms with Gasteiger partial charge in [-0.05, 0) is 36.6 Å². The molecule has 0 saturated carbocycles. The predicted molar refractivity (Wildman–Crippen MR) is 61.9 cm³/mol. The Labute approximate surface area is 94.2 Å². The van der Waals surface area contributed by atoms with Gasteiger partial charge in [0.05, 0.1) is 6.61 Å². The number of carbonyl (C=O) groups excluding carboxylic acids is 1. The Balaban J connectivity index is 1.91. The van der Waals surface area contributed by atoms with E-state index in [-0.39, 0.29) is 6.09 Å². The van der Waals surface area contributed by atoms with Crippen molar-refractivity contribution in [3.05, 3.63) is 23.8 Å². The van der Waals surface area contributed by atoms with E-state index in [2.05, 4.69) is 11.4 Å². The van der Waals surface area contributed by atoms with Crippen molar-refractivity contribution in [2.24, 2.45) is 0 Å². The number of carbonyl (C=O) groups is 1. The molecule has 2 heterocycles. The van der Waals surface area contributed by atoms with Crippen molar-refractivity contribution in [3.8, 4) is 0 Å². The summed E-state index contributed by atoms with van der Waals surface area (Å²) in [6.45, 7) is 2.29. The first-order valence-corrected chi connectivity index (χ1v) is 5.66. The summed E-state index contributed by atoms with van der Waals surface area (Å²) in [4.78, 5) is 13.3. The van der Waals surface area contributed by atoms with E-state index in [1.54, 1.807) is 4.90 Å². The van der Waals surface area contributed by atoms with E-state index in [9.17, 15) is 4.79 Å². The number of cyclic esters (lactones) is 1. The quantitative estimate of drug-likeness (QED) is 0.783. The van der Waals surface area contributed by atoms with Crippen molar-refractivity contribution in [2.75, 3.05) is 29.9 Å². The Morgan fingerprint density at radius 2 is 2.31 bits per heavy atom. The molecule has 1 amide bonds. The zero-order chi connectivity index (χ0) is 11.0. The van der Waals surface area contributed by atoms with Crippen LogP contribution in [0.1, 0.15) is 12.0 Å². The van der Waals surface area contributed by atoms with Crippen LogP contribution in [0.15, 0.2) is 18.2 Å². The van der Waals surface area contributed by atoms with Gasteiger partial charge in [-0.25, -0.2) is 4.79 Å². The number of ether oxygens (including phenoxy) is 1. The molecule has 4 heteroatoms. The summed E-state index contributed by atoms with van der Waals surface area (Å²) in [7, 11) is 0. The van der Waals surface area contributed by atoms with Crippen LogP contribution in [0.2, 0.25) is 0 Å². The molecule has 1 saturated heterocycles. The molecule has 84 valence electrons. The Bertz CT molecular complexity index is 431. The van der Waals surface area contributed by atoms with E-state index in [1.165, 1.54) is 11.3 Å². The molecule has 0 spiro atoms. The van der Waals surface area contributed by atoms with Gasteiger partial charge in [0, 0.05) is 24.5 Å². The lowest BCUT2D eigenvalue weighted by Gasteiger charge is -2.26. The zero-order valence-corrected chi connectivity index (χ0v) is 9.03. The van der Waals surface area contributed by atoms with Gasteiger partial charge in [-0.3, -0.25) is 4.90 Å². The summed E-state index contributed by atoms with van der Waals surface area (Å²) in [6.07, 6.45) is 1.71. The number of hydrogen-bond acceptors (Lipinski definition) is 3. The molecule has 0 radical (unpaired) electrons. The molecular formula is C12H14N2O2. The molecular weight excluding hydrogens is 204 g/mol. The van der Waals surface area contributed by atoms with Crippen LogP contribution in [0.5, 0.6) is 0 Å². The van der Waals surface area contributed by atoms with Gasteiger partial charge in [0.15, 0.2) is 0 Å². The van der Waals surface area contributed by atoms with Crippen LogP contribution in [0.3, 0.4) is 0 Å². The average Bonchev–Trinajstić information content (AvgIpc) is 2.76. The van der Waals surface area contributed by atoms with Gasteiger partial charge in [-0.15, -0.1) is 0 Å². The molecule has 3 rings (SSSR count). The number of nitrogens with one attached hydrogen (secondary N) is 1. The van der Waals surface area contributed by atoms with E-state index in [0.29, 0.717) is 6.61 Å². The van der Waals surface area contributed by atoms with E-state index >= 15 is 0 Å². The number of nitrogens with zero attached hydrogens (tertiary/aromatic N) is 1. The van der Waals surface area contributed by atoms with Crippen LogP contribution in [0.4, 0.5) is 16.2 Å². The van der Waals surface area contributed by atoms with E-state index < -0.39 is 0 Å². The highest BCUT2D eigenvalue weighted by atomic mass is 16.6. The lowest BCUT2D eigenvalue weighted by molar-refractivity contribution is 0.140. The molecule has 1 aromatic carbocycles. The lowest BCUT2D eigenvalue weighted by Crippen LogP contribution is -2.37. The SMILES string of the molecule is O=C1OCCCN1c1ccc2c(c1)CCN2. The highest BCUT2D eigenvalue weighted by Crippen LogP contribution is 2.28. The van der Waals surface area contributed by atoms with Crippen molar-refractivity contribution >= 4 is 17.5 Å². The summed E-state index contributed by atoms with van der Waals surface area (Å²) < 4.78 is 5.04. The number of hydrogen-bond donors (Lipinski definition) is 1. The third-order valence-electron chi connectivity index (χ3n) is 3.08. The Morgan fingerprint density at radius 3 is 3.19 bits per heavy atom. The second kappa shape index (κ2) is 3.70. The van der Waals surface area contributed by atoms with Crippen molar-refractivity contribution in [3.63, 3.8) is 0 Å². The van der Waals surface area contributed by atoms with E-state index in [4.69, 9.17) is 4.74 Å². The molecule has 16 heavy (non-hydrogen) atoms. The minimum Gasteiger partial charge on any atom is -0.449 e. The fraction of sp³-hybridized carbons (Fsp3) is 0.417. The summed E-state index contributed by atoms with van der Waals surface area (Å²) in [5.74, 6) is 0. The highest BCUT2D eigenvalue weighted by molar-refractivity contribution is 5.88. The molecule has 2 aliphatic rings. The van der Waals surface area contributed by atoms with Gasteiger partial charge in [-0.1, -0.05) is 0 Å². The van der Waals surface area contributed by atoms with Crippen LogP contribution < -0.4 is 10.2 Å². The second-order valence-corrected chi connectivity index (χ2v) is 4.14. The van der Waals surface area contributed by atoms with Crippen molar-refractivity contribution < 1.29 is 9.53 Å². The molecule has 4 nitrogen and oxygen atoms in total. The topological polar surface area (TPSA) is 41.6 Å².